The molecule has 0 atom stereocenters. The SMILES string of the molecule is CC(C)(C)Oc1cc(OC(C)(C)C)cc(S(OS(=O)(=O)c2c(C(F)(F)F)cc(C(F)(F)F)cc2C(F)(F)F)(c2ccccc2)c2ccccc2)c1. The molecule has 0 fully saturated rings. The maximum atomic E-state index is 14.5. The highest BCUT2D eigenvalue weighted by molar-refractivity contribution is 8.33. The Hall–Kier alpha value is -3.89. The van der Waals surface area contributed by atoms with E-state index in [1.54, 1.807) is 41.5 Å². The van der Waals surface area contributed by atoms with Gasteiger partial charge in [-0.2, -0.15) is 47.9 Å². The van der Waals surface area contributed by atoms with Gasteiger partial charge in [-0.1, -0.05) is 36.4 Å². The van der Waals surface area contributed by atoms with Crippen LogP contribution in [0.3, 0.4) is 0 Å². The van der Waals surface area contributed by atoms with E-state index in [1.807, 2.05) is 0 Å². The summed E-state index contributed by atoms with van der Waals surface area (Å²) in [6.45, 7) is 10.2. The van der Waals surface area contributed by atoms with Gasteiger partial charge in [0, 0.05) is 20.8 Å². The lowest BCUT2D eigenvalue weighted by atomic mass is 10.0. The van der Waals surface area contributed by atoms with Crippen molar-refractivity contribution in [1.29, 1.82) is 0 Å². The molecule has 4 aromatic carbocycles. The summed E-state index contributed by atoms with van der Waals surface area (Å²) >= 11 is 0. The highest BCUT2D eigenvalue weighted by atomic mass is 32.3. The minimum atomic E-state index is -6.30. The molecule has 0 saturated carbocycles. The zero-order valence-corrected chi connectivity index (χ0v) is 29.6. The molecule has 0 amide bonds. The van der Waals surface area contributed by atoms with Crippen LogP contribution in [0.5, 0.6) is 11.5 Å². The largest absolute Gasteiger partial charge is 0.488 e. The van der Waals surface area contributed by atoms with Crippen LogP contribution in [0.4, 0.5) is 39.5 Å². The van der Waals surface area contributed by atoms with Crippen LogP contribution in [0.2, 0.25) is 0 Å². The molecule has 0 aliphatic heterocycles. The van der Waals surface area contributed by atoms with Crippen molar-refractivity contribution in [2.24, 2.45) is 0 Å². The summed E-state index contributed by atoms with van der Waals surface area (Å²) in [5.41, 5.74) is -9.51. The number of alkyl halides is 9. The van der Waals surface area contributed by atoms with Gasteiger partial charge in [0.2, 0.25) is 0 Å². The number of halogens is 9. The molecule has 51 heavy (non-hydrogen) atoms. The third-order valence-corrected chi connectivity index (χ3v) is 11.9. The van der Waals surface area contributed by atoms with Crippen molar-refractivity contribution in [3.8, 4) is 11.5 Å². The molecule has 0 radical (unpaired) electrons. The Morgan fingerprint density at radius 2 is 0.863 bits per heavy atom. The molecule has 0 aliphatic carbocycles. The maximum Gasteiger partial charge on any atom is 0.417 e. The van der Waals surface area contributed by atoms with Crippen molar-refractivity contribution in [2.45, 2.75) is 90.9 Å². The summed E-state index contributed by atoms with van der Waals surface area (Å²) in [7, 11) is -10.3. The quantitative estimate of drug-likeness (QED) is 0.167. The van der Waals surface area contributed by atoms with Crippen molar-refractivity contribution in [1.82, 2.24) is 0 Å². The summed E-state index contributed by atoms with van der Waals surface area (Å²) in [4.78, 5) is -2.64. The predicted molar refractivity (Wildman–Crippen MR) is 172 cm³/mol. The fraction of sp³-hybridized carbons (Fsp3) is 0.314. The maximum absolute atomic E-state index is 14.5. The van der Waals surface area contributed by atoms with Crippen LogP contribution >= 0.6 is 10.3 Å². The van der Waals surface area contributed by atoms with Crippen molar-refractivity contribution in [3.63, 3.8) is 0 Å². The van der Waals surface area contributed by atoms with E-state index in [0.29, 0.717) is 0 Å². The Kier molecular flexibility index (Phi) is 10.6. The van der Waals surface area contributed by atoms with E-state index in [1.165, 1.54) is 78.9 Å². The second-order valence-corrected chi connectivity index (χ2v) is 17.6. The summed E-state index contributed by atoms with van der Waals surface area (Å²) in [6.07, 6.45) is -17.7. The highest BCUT2D eigenvalue weighted by Gasteiger charge is 2.50. The van der Waals surface area contributed by atoms with E-state index in [2.05, 4.69) is 0 Å². The van der Waals surface area contributed by atoms with E-state index >= 15 is 0 Å². The Morgan fingerprint density at radius 1 is 0.490 bits per heavy atom. The van der Waals surface area contributed by atoms with Crippen LogP contribution in [0.1, 0.15) is 58.2 Å². The fourth-order valence-corrected chi connectivity index (χ4v) is 10.6. The van der Waals surface area contributed by atoms with Gasteiger partial charge in [0.05, 0.1) is 16.7 Å². The van der Waals surface area contributed by atoms with Crippen molar-refractivity contribution in [3.05, 3.63) is 108 Å². The molecule has 0 heterocycles. The summed E-state index contributed by atoms with van der Waals surface area (Å²) in [5, 5.41) is 0. The first-order chi connectivity index (χ1) is 23.1. The second-order valence-electron chi connectivity index (χ2n) is 13.2. The van der Waals surface area contributed by atoms with E-state index < -0.39 is 83.9 Å². The molecule has 0 saturated heterocycles. The number of rotatable bonds is 8. The van der Waals surface area contributed by atoms with Crippen molar-refractivity contribution in [2.75, 3.05) is 0 Å². The van der Waals surface area contributed by atoms with Crippen LogP contribution in [0, 0.1) is 0 Å². The van der Waals surface area contributed by atoms with Gasteiger partial charge in [0.15, 0.2) is 0 Å². The number of hydrogen-bond acceptors (Lipinski definition) is 5. The smallest absolute Gasteiger partial charge is 0.417 e. The molecule has 0 N–H and O–H groups in total. The minimum Gasteiger partial charge on any atom is -0.488 e. The first-order valence-electron chi connectivity index (χ1n) is 15.0. The molecule has 0 aliphatic rings. The van der Waals surface area contributed by atoms with E-state index in [4.69, 9.17) is 13.1 Å². The topological polar surface area (TPSA) is 61.8 Å². The highest BCUT2D eigenvalue weighted by Crippen LogP contribution is 2.71. The van der Waals surface area contributed by atoms with Gasteiger partial charge in [-0.15, -0.1) is 0 Å². The monoisotopic (exact) mass is 768 g/mol. The predicted octanol–water partition coefficient (Wildman–Crippen LogP) is 11.7. The van der Waals surface area contributed by atoms with Gasteiger partial charge >= 0.3 is 28.6 Å². The van der Waals surface area contributed by atoms with Crippen molar-refractivity contribution >= 4 is 20.4 Å². The Bertz CT molecular complexity index is 1850. The van der Waals surface area contributed by atoms with Gasteiger partial charge in [-0.05, 0) is 100 Å². The Morgan fingerprint density at radius 3 is 1.18 bits per heavy atom. The van der Waals surface area contributed by atoms with E-state index in [-0.39, 0.29) is 26.2 Å². The lowest BCUT2D eigenvalue weighted by molar-refractivity contribution is -0.152. The van der Waals surface area contributed by atoms with Crippen molar-refractivity contribution < 1.29 is 61.0 Å². The lowest BCUT2D eigenvalue weighted by Crippen LogP contribution is -2.25. The molecular weight excluding hydrogens is 735 g/mol. The zero-order valence-electron chi connectivity index (χ0n) is 27.9. The Balaban J connectivity index is 2.21. The molecule has 16 heteroatoms. The average Bonchev–Trinajstić information content (AvgIpc) is 2.97. The number of benzene rings is 4. The average molecular weight is 769 g/mol. The summed E-state index contributed by atoms with van der Waals surface area (Å²) in [6, 6.07) is 17.0. The van der Waals surface area contributed by atoms with Gasteiger partial charge in [-0.25, -0.2) is 3.63 Å². The zero-order chi connectivity index (χ0) is 38.4. The van der Waals surface area contributed by atoms with Gasteiger partial charge < -0.3 is 9.47 Å². The molecule has 5 nitrogen and oxygen atoms in total. The van der Waals surface area contributed by atoms with Crippen LogP contribution in [0.25, 0.3) is 0 Å². The van der Waals surface area contributed by atoms with E-state index in [9.17, 15) is 47.9 Å². The molecule has 0 spiro atoms. The van der Waals surface area contributed by atoms with Crippen LogP contribution < -0.4 is 9.47 Å². The molecule has 0 unspecified atom stereocenters. The molecule has 0 bridgehead atoms. The summed E-state index contributed by atoms with van der Waals surface area (Å²) in [5.74, 6) is 0.149. The molecule has 0 aromatic heterocycles. The van der Waals surface area contributed by atoms with Gasteiger partial charge in [0.1, 0.15) is 27.6 Å². The number of hydrogen-bond donors (Lipinski definition) is 0. The minimum absolute atomic E-state index is 0.0107. The lowest BCUT2D eigenvalue weighted by Gasteiger charge is -2.40. The first kappa shape index (κ1) is 39.9. The fourth-order valence-electron chi connectivity index (χ4n) is 4.94. The van der Waals surface area contributed by atoms with Gasteiger partial charge in [0.25, 0.3) is 0 Å². The normalized spacial score (nSPS) is 13.9. The van der Waals surface area contributed by atoms with Crippen LogP contribution in [0.15, 0.2) is 111 Å². The molecule has 278 valence electrons. The standard InChI is InChI=1S/C35H33F9O5S2/c1-31(2,3)47-23-19-24(48-32(4,5)6)21-27(20-23)50(25-13-9-7-10-14-25,26-15-11-8-12-16-26)49-51(45,46)30-28(34(39,40)41)17-22(33(36,37)38)18-29(30)35(42,43)44/h7-21H,1-6H3. The third-order valence-electron chi connectivity index (χ3n) is 6.65. The van der Waals surface area contributed by atoms with Crippen LogP contribution in [-0.4, -0.2) is 19.6 Å². The Labute approximate surface area is 291 Å². The molecular formula is C35H33F9O5S2. The molecule has 4 rings (SSSR count). The number of ether oxygens (including phenoxy) is 2. The van der Waals surface area contributed by atoms with Gasteiger partial charge in [-0.3, -0.25) is 0 Å². The van der Waals surface area contributed by atoms with E-state index in [0.717, 1.165) is 0 Å². The molecule has 4 aromatic rings. The second kappa shape index (κ2) is 13.6. The first-order valence-corrected chi connectivity index (χ1v) is 17.9. The third kappa shape index (κ3) is 9.32. The summed E-state index contributed by atoms with van der Waals surface area (Å²) < 4.78 is 174. The van der Waals surface area contributed by atoms with Crippen LogP contribution in [-0.2, 0) is 32.3 Å².